The van der Waals surface area contributed by atoms with Crippen LogP contribution in [0.4, 0.5) is 0 Å². The molecule has 1 aromatic carbocycles. The monoisotopic (exact) mass is 377 g/mol. The van der Waals surface area contributed by atoms with E-state index in [0.29, 0.717) is 25.3 Å². The minimum atomic E-state index is -0.193. The maximum atomic E-state index is 12.7. The number of piperidine rings is 1. The summed E-state index contributed by atoms with van der Waals surface area (Å²) >= 11 is 0. The number of benzene rings is 1. The Hall–Kier alpha value is -3.22. The molecule has 0 bridgehead atoms. The molecule has 0 spiro atoms. The molecule has 0 aliphatic carbocycles. The van der Waals surface area contributed by atoms with Gasteiger partial charge < -0.3 is 4.90 Å². The van der Waals surface area contributed by atoms with Crippen LogP contribution < -0.4 is 5.69 Å². The topological polar surface area (TPSA) is 83.9 Å². The van der Waals surface area contributed by atoms with Crippen LogP contribution in [-0.2, 0) is 6.54 Å². The summed E-state index contributed by atoms with van der Waals surface area (Å²) in [5.41, 5.74) is 2.19. The van der Waals surface area contributed by atoms with Crippen LogP contribution in [0.1, 0.15) is 46.3 Å². The van der Waals surface area contributed by atoms with Crippen LogP contribution in [0.25, 0.3) is 0 Å². The zero-order valence-electron chi connectivity index (χ0n) is 15.8. The molecule has 144 valence electrons. The maximum absolute atomic E-state index is 12.7. The lowest BCUT2D eigenvalue weighted by molar-refractivity contribution is 0.0704. The number of aromatic nitrogens is 4. The van der Waals surface area contributed by atoms with Crippen molar-refractivity contribution >= 4 is 5.91 Å². The van der Waals surface area contributed by atoms with Gasteiger partial charge in [0, 0.05) is 24.7 Å². The number of amides is 1. The quantitative estimate of drug-likeness (QED) is 0.756. The lowest BCUT2D eigenvalue weighted by Crippen LogP contribution is -2.39. The number of likely N-dealkylation sites (tertiary alicyclic amines) is 1. The molecule has 28 heavy (non-hydrogen) atoms. The van der Waals surface area contributed by atoms with Gasteiger partial charge in [-0.1, -0.05) is 36.4 Å². The first kappa shape index (κ1) is 18.2. The fourth-order valence-corrected chi connectivity index (χ4v) is 3.73. The Morgan fingerprint density at radius 3 is 2.57 bits per heavy atom. The average Bonchev–Trinajstić information content (AvgIpc) is 3.09. The number of nitrogens with zero attached hydrogens (tertiary/aromatic N) is 4. The molecule has 1 aliphatic heterocycles. The first-order valence-corrected chi connectivity index (χ1v) is 9.54. The zero-order chi connectivity index (χ0) is 19.5. The van der Waals surface area contributed by atoms with Crippen LogP contribution in [0, 0.1) is 6.92 Å². The van der Waals surface area contributed by atoms with Crippen molar-refractivity contribution < 1.29 is 4.79 Å². The van der Waals surface area contributed by atoms with E-state index in [1.165, 1.54) is 0 Å². The van der Waals surface area contributed by atoms with Gasteiger partial charge in [-0.05, 0) is 37.5 Å². The highest BCUT2D eigenvalue weighted by Crippen LogP contribution is 2.27. The number of aryl methyl sites for hydroxylation is 1. The molecule has 7 nitrogen and oxygen atoms in total. The summed E-state index contributed by atoms with van der Waals surface area (Å²) in [5.74, 6) is 0.887. The molecule has 7 heteroatoms. The summed E-state index contributed by atoms with van der Waals surface area (Å²) < 4.78 is 1.71. The molecule has 3 aromatic rings. The molecule has 0 unspecified atom stereocenters. The first-order valence-electron chi connectivity index (χ1n) is 9.54. The van der Waals surface area contributed by atoms with E-state index in [1.807, 2.05) is 54.3 Å². The van der Waals surface area contributed by atoms with Crippen molar-refractivity contribution in [3.05, 3.63) is 81.8 Å². The second-order valence-electron chi connectivity index (χ2n) is 7.19. The largest absolute Gasteiger partial charge is 0.343 e. The molecule has 1 amide bonds. The maximum Gasteiger partial charge on any atom is 0.343 e. The van der Waals surface area contributed by atoms with Crippen LogP contribution in [-0.4, -0.2) is 43.6 Å². The van der Waals surface area contributed by atoms with Crippen molar-refractivity contribution in [2.24, 2.45) is 0 Å². The number of hydrogen-bond donors (Lipinski definition) is 1. The number of H-pyrrole nitrogens is 1. The molecule has 3 heterocycles. The smallest absolute Gasteiger partial charge is 0.337 e. The Morgan fingerprint density at radius 2 is 1.86 bits per heavy atom. The fourth-order valence-electron chi connectivity index (χ4n) is 3.73. The number of carbonyl (C=O) groups is 1. The molecule has 0 atom stereocenters. The van der Waals surface area contributed by atoms with Crippen LogP contribution >= 0.6 is 0 Å². The predicted octanol–water partition coefficient (Wildman–Crippen LogP) is 2.34. The second-order valence-corrected chi connectivity index (χ2v) is 7.19. The van der Waals surface area contributed by atoms with Crippen LogP contribution in [0.5, 0.6) is 0 Å². The lowest BCUT2D eigenvalue weighted by Gasteiger charge is -2.31. The molecule has 1 saturated heterocycles. The van der Waals surface area contributed by atoms with Gasteiger partial charge in [0.2, 0.25) is 0 Å². The third-order valence-corrected chi connectivity index (χ3v) is 5.23. The molecule has 0 saturated carbocycles. The van der Waals surface area contributed by atoms with Gasteiger partial charge in [-0.2, -0.15) is 5.10 Å². The number of hydrogen-bond acceptors (Lipinski definition) is 4. The summed E-state index contributed by atoms with van der Waals surface area (Å²) in [6.45, 7) is 3.64. The van der Waals surface area contributed by atoms with Crippen LogP contribution in [0.15, 0.2) is 53.3 Å². The minimum absolute atomic E-state index is 0.0362. The fraction of sp³-hybridized carbons (Fsp3) is 0.333. The van der Waals surface area contributed by atoms with Crippen LogP contribution in [0.2, 0.25) is 0 Å². The number of aromatic amines is 1. The highest BCUT2D eigenvalue weighted by Gasteiger charge is 2.28. The van der Waals surface area contributed by atoms with Crippen molar-refractivity contribution in [3.8, 4) is 0 Å². The molecule has 1 aliphatic rings. The van der Waals surface area contributed by atoms with Crippen molar-refractivity contribution in [1.82, 2.24) is 24.6 Å². The summed E-state index contributed by atoms with van der Waals surface area (Å²) in [6.07, 6.45) is 1.55. The normalized spacial score (nSPS) is 15.0. The lowest BCUT2D eigenvalue weighted by atomic mass is 9.95. The van der Waals surface area contributed by atoms with Gasteiger partial charge in [0.1, 0.15) is 11.5 Å². The summed E-state index contributed by atoms with van der Waals surface area (Å²) in [4.78, 5) is 31.1. The van der Waals surface area contributed by atoms with E-state index in [-0.39, 0.29) is 17.5 Å². The first-order chi connectivity index (χ1) is 13.6. The minimum Gasteiger partial charge on any atom is -0.337 e. The number of carbonyl (C=O) groups excluding carboxylic acids is 1. The van der Waals surface area contributed by atoms with Crippen molar-refractivity contribution in [2.75, 3.05) is 13.1 Å². The van der Waals surface area contributed by atoms with Gasteiger partial charge in [-0.3, -0.25) is 9.36 Å². The molecule has 1 fully saturated rings. The molecule has 2 aromatic heterocycles. The Kier molecular flexibility index (Phi) is 5.06. The van der Waals surface area contributed by atoms with E-state index < -0.39 is 0 Å². The van der Waals surface area contributed by atoms with Crippen LogP contribution in [0.3, 0.4) is 0 Å². The Morgan fingerprint density at radius 1 is 1.11 bits per heavy atom. The van der Waals surface area contributed by atoms with Crippen molar-refractivity contribution in [1.29, 1.82) is 0 Å². The number of pyridine rings is 1. The van der Waals surface area contributed by atoms with Crippen molar-refractivity contribution in [2.45, 2.75) is 32.2 Å². The summed E-state index contributed by atoms with van der Waals surface area (Å²) in [6, 6.07) is 15.4. The van der Waals surface area contributed by atoms with E-state index >= 15 is 0 Å². The van der Waals surface area contributed by atoms with Gasteiger partial charge >= 0.3 is 5.69 Å². The zero-order valence-corrected chi connectivity index (χ0v) is 15.8. The molecule has 1 N–H and O–H groups in total. The van der Waals surface area contributed by atoms with E-state index in [4.69, 9.17) is 0 Å². The SMILES string of the molecule is Cc1cccc(C(=O)N2CCC(c3n[nH]c(=O)n3Cc3ccccc3)CC2)n1. The second kappa shape index (κ2) is 7.80. The predicted molar refractivity (Wildman–Crippen MR) is 105 cm³/mol. The number of nitrogens with one attached hydrogen (secondary N) is 1. The van der Waals surface area contributed by atoms with Gasteiger partial charge in [0.25, 0.3) is 5.91 Å². The third kappa shape index (κ3) is 3.74. The van der Waals surface area contributed by atoms with E-state index in [9.17, 15) is 9.59 Å². The van der Waals surface area contributed by atoms with E-state index in [1.54, 1.807) is 10.6 Å². The molecule has 0 radical (unpaired) electrons. The van der Waals surface area contributed by atoms with E-state index in [0.717, 1.165) is 29.9 Å². The standard InChI is InChI=1S/C21H23N5O2/c1-15-6-5-9-18(22-15)20(27)25-12-10-17(11-13-25)19-23-24-21(28)26(19)14-16-7-3-2-4-8-16/h2-9,17H,10-14H2,1H3,(H,24,28). The molecular weight excluding hydrogens is 354 g/mol. The van der Waals surface area contributed by atoms with Gasteiger partial charge in [-0.25, -0.2) is 14.9 Å². The van der Waals surface area contributed by atoms with Gasteiger partial charge in [0.05, 0.1) is 6.54 Å². The molecular formula is C21H23N5O2. The van der Waals surface area contributed by atoms with Gasteiger partial charge in [-0.15, -0.1) is 0 Å². The highest BCUT2D eigenvalue weighted by atomic mass is 16.2. The van der Waals surface area contributed by atoms with Crippen molar-refractivity contribution in [3.63, 3.8) is 0 Å². The number of rotatable bonds is 4. The Labute approximate surface area is 163 Å². The third-order valence-electron chi connectivity index (χ3n) is 5.23. The Bertz CT molecular complexity index is 1020. The molecule has 4 rings (SSSR count). The highest BCUT2D eigenvalue weighted by molar-refractivity contribution is 5.92. The average molecular weight is 377 g/mol. The van der Waals surface area contributed by atoms with E-state index in [2.05, 4.69) is 15.2 Å². The summed E-state index contributed by atoms with van der Waals surface area (Å²) in [7, 11) is 0. The summed E-state index contributed by atoms with van der Waals surface area (Å²) in [5, 5.41) is 6.87. The van der Waals surface area contributed by atoms with Gasteiger partial charge in [0.15, 0.2) is 0 Å². The Balaban J connectivity index is 1.46.